The van der Waals surface area contributed by atoms with Crippen LogP contribution in [0.3, 0.4) is 0 Å². The van der Waals surface area contributed by atoms with E-state index >= 15 is 0 Å². The van der Waals surface area contributed by atoms with E-state index in [2.05, 4.69) is 19.9 Å². The predicted molar refractivity (Wildman–Crippen MR) is 113 cm³/mol. The molecule has 2 aromatic heterocycles. The highest BCUT2D eigenvalue weighted by molar-refractivity contribution is 5.77. The van der Waals surface area contributed by atoms with Gasteiger partial charge in [-0.3, -0.25) is 4.57 Å². The maximum absolute atomic E-state index is 13.9. The smallest absolute Gasteiger partial charge is 0.328 e. The minimum atomic E-state index is -2.83. The SMILES string of the molecule is Nc1cccc(Oc2nc(N3CCOCC3)nc(-n3c(C(F)F)nc4ccccc43)n2)c1. The van der Waals surface area contributed by atoms with E-state index in [0.29, 0.717) is 54.7 Å². The van der Waals surface area contributed by atoms with Gasteiger partial charge in [-0.2, -0.15) is 15.0 Å². The standard InChI is InChI=1S/C21H19F2N7O2/c22-17(23)18-25-15-6-1-2-7-16(15)30(18)20-26-19(29-8-10-31-11-9-29)27-21(28-20)32-14-5-3-4-13(24)12-14/h1-7,12,17H,8-11,24H2. The summed E-state index contributed by atoms with van der Waals surface area (Å²) in [5.74, 6) is 0.250. The maximum Gasteiger partial charge on any atom is 0.328 e. The Labute approximate surface area is 181 Å². The van der Waals surface area contributed by atoms with E-state index in [-0.39, 0.29) is 12.0 Å². The minimum absolute atomic E-state index is 0.00982. The summed E-state index contributed by atoms with van der Waals surface area (Å²) in [6.45, 7) is 2.10. The first-order chi connectivity index (χ1) is 15.6. The summed E-state index contributed by atoms with van der Waals surface area (Å²) in [5.41, 5.74) is 7.20. The van der Waals surface area contributed by atoms with Crippen molar-refractivity contribution in [3.05, 3.63) is 54.4 Å². The van der Waals surface area contributed by atoms with Crippen LogP contribution in [0.2, 0.25) is 0 Å². The second kappa shape index (κ2) is 8.35. The second-order valence-corrected chi connectivity index (χ2v) is 7.09. The van der Waals surface area contributed by atoms with Crippen LogP contribution in [-0.2, 0) is 4.74 Å². The molecule has 0 atom stereocenters. The predicted octanol–water partition coefficient (Wildman–Crippen LogP) is 3.36. The molecule has 0 saturated carbocycles. The number of rotatable bonds is 5. The molecule has 5 rings (SSSR count). The van der Waals surface area contributed by atoms with Crippen LogP contribution in [0, 0.1) is 0 Å². The summed E-state index contributed by atoms with van der Waals surface area (Å²) in [5, 5.41) is 0. The van der Waals surface area contributed by atoms with Gasteiger partial charge < -0.3 is 20.1 Å². The van der Waals surface area contributed by atoms with Crippen LogP contribution in [0.25, 0.3) is 17.0 Å². The third-order valence-electron chi connectivity index (χ3n) is 4.93. The number of alkyl halides is 2. The molecule has 0 radical (unpaired) electrons. The van der Waals surface area contributed by atoms with Crippen molar-refractivity contribution in [2.45, 2.75) is 6.43 Å². The van der Waals surface area contributed by atoms with Crippen LogP contribution in [0.5, 0.6) is 11.8 Å². The van der Waals surface area contributed by atoms with Crippen molar-refractivity contribution < 1.29 is 18.3 Å². The number of morpholine rings is 1. The van der Waals surface area contributed by atoms with Gasteiger partial charge in [-0.05, 0) is 24.3 Å². The second-order valence-electron chi connectivity index (χ2n) is 7.09. The first kappa shape index (κ1) is 20.1. The van der Waals surface area contributed by atoms with Gasteiger partial charge in [-0.1, -0.05) is 18.2 Å². The zero-order chi connectivity index (χ0) is 22.1. The first-order valence-electron chi connectivity index (χ1n) is 9.96. The average Bonchev–Trinajstić information content (AvgIpc) is 3.20. The number of anilines is 2. The molecule has 4 aromatic rings. The fourth-order valence-corrected chi connectivity index (χ4v) is 3.47. The van der Waals surface area contributed by atoms with Crippen LogP contribution >= 0.6 is 0 Å². The van der Waals surface area contributed by atoms with Gasteiger partial charge in [-0.25, -0.2) is 13.8 Å². The van der Waals surface area contributed by atoms with Crippen molar-refractivity contribution >= 4 is 22.7 Å². The molecule has 0 aliphatic carbocycles. The molecule has 1 saturated heterocycles. The fourth-order valence-electron chi connectivity index (χ4n) is 3.47. The number of fused-ring (bicyclic) bond motifs is 1. The number of hydrogen-bond acceptors (Lipinski definition) is 8. The molecule has 2 aromatic carbocycles. The lowest BCUT2D eigenvalue weighted by atomic mass is 10.3. The molecule has 11 heteroatoms. The molecule has 0 amide bonds. The number of para-hydroxylation sites is 2. The Morgan fingerprint density at radius 1 is 0.938 bits per heavy atom. The van der Waals surface area contributed by atoms with Crippen molar-refractivity contribution in [1.82, 2.24) is 24.5 Å². The summed E-state index contributed by atoms with van der Waals surface area (Å²) in [6, 6.07) is 13.5. The third-order valence-corrected chi connectivity index (χ3v) is 4.93. The molecule has 0 unspecified atom stereocenters. The van der Waals surface area contributed by atoms with Crippen LogP contribution in [0.4, 0.5) is 20.4 Å². The third kappa shape index (κ3) is 3.89. The van der Waals surface area contributed by atoms with Crippen LogP contribution in [0.15, 0.2) is 48.5 Å². The molecule has 32 heavy (non-hydrogen) atoms. The van der Waals surface area contributed by atoms with Crippen LogP contribution < -0.4 is 15.4 Å². The lowest BCUT2D eigenvalue weighted by Crippen LogP contribution is -2.37. The number of halogens is 2. The van der Waals surface area contributed by atoms with Crippen molar-refractivity contribution in [3.63, 3.8) is 0 Å². The van der Waals surface area contributed by atoms with E-state index in [1.807, 2.05) is 4.90 Å². The van der Waals surface area contributed by atoms with E-state index in [0.717, 1.165) is 0 Å². The Morgan fingerprint density at radius 3 is 2.50 bits per heavy atom. The number of imidazole rings is 1. The average molecular weight is 439 g/mol. The first-order valence-corrected chi connectivity index (χ1v) is 9.96. The van der Waals surface area contributed by atoms with E-state index in [1.165, 1.54) is 4.57 Å². The highest BCUT2D eigenvalue weighted by Gasteiger charge is 2.24. The van der Waals surface area contributed by atoms with E-state index < -0.39 is 12.2 Å². The summed E-state index contributed by atoms with van der Waals surface area (Å²) in [4.78, 5) is 19.2. The zero-order valence-electron chi connectivity index (χ0n) is 16.9. The number of benzene rings is 2. The van der Waals surface area contributed by atoms with Gasteiger partial charge in [0.1, 0.15) is 5.75 Å². The summed E-state index contributed by atoms with van der Waals surface area (Å²) in [7, 11) is 0. The molecular weight excluding hydrogens is 420 g/mol. The number of nitrogens with zero attached hydrogens (tertiary/aromatic N) is 6. The molecule has 1 aliphatic heterocycles. The molecular formula is C21H19F2N7O2. The molecule has 9 nitrogen and oxygen atoms in total. The van der Waals surface area contributed by atoms with Gasteiger partial charge in [0.15, 0.2) is 5.82 Å². The van der Waals surface area contributed by atoms with Crippen molar-refractivity contribution in [2.75, 3.05) is 36.9 Å². The lowest BCUT2D eigenvalue weighted by molar-refractivity contribution is 0.122. The highest BCUT2D eigenvalue weighted by atomic mass is 19.3. The number of aromatic nitrogens is 5. The van der Waals surface area contributed by atoms with E-state index in [9.17, 15) is 8.78 Å². The van der Waals surface area contributed by atoms with E-state index in [1.54, 1.807) is 48.5 Å². The summed E-state index contributed by atoms with van der Waals surface area (Å²) < 4.78 is 40.2. The molecule has 0 spiro atoms. The molecule has 0 bridgehead atoms. The quantitative estimate of drug-likeness (QED) is 0.472. The molecule has 3 heterocycles. The summed E-state index contributed by atoms with van der Waals surface area (Å²) in [6.07, 6.45) is -2.83. The molecule has 1 fully saturated rings. The van der Waals surface area contributed by atoms with Gasteiger partial charge >= 0.3 is 6.01 Å². The number of hydrogen-bond donors (Lipinski definition) is 1. The van der Waals surface area contributed by atoms with Crippen molar-refractivity contribution in [1.29, 1.82) is 0 Å². The Kier molecular flexibility index (Phi) is 5.23. The largest absolute Gasteiger partial charge is 0.424 e. The number of ether oxygens (including phenoxy) is 2. The molecule has 164 valence electrons. The number of nitrogens with two attached hydrogens (primary N) is 1. The zero-order valence-corrected chi connectivity index (χ0v) is 16.9. The summed E-state index contributed by atoms with van der Waals surface area (Å²) >= 11 is 0. The molecule has 1 aliphatic rings. The van der Waals surface area contributed by atoms with Gasteiger partial charge in [0.2, 0.25) is 11.9 Å². The maximum atomic E-state index is 13.9. The highest BCUT2D eigenvalue weighted by Crippen LogP contribution is 2.29. The van der Waals surface area contributed by atoms with Gasteiger partial charge in [0.05, 0.1) is 24.2 Å². The van der Waals surface area contributed by atoms with Gasteiger partial charge in [0.25, 0.3) is 6.43 Å². The Hall–Kier alpha value is -3.86. The molecule has 2 N–H and O–H groups in total. The van der Waals surface area contributed by atoms with Gasteiger partial charge in [-0.15, -0.1) is 0 Å². The monoisotopic (exact) mass is 439 g/mol. The van der Waals surface area contributed by atoms with Crippen LogP contribution in [-0.4, -0.2) is 50.8 Å². The van der Waals surface area contributed by atoms with Crippen LogP contribution in [0.1, 0.15) is 12.2 Å². The Bertz CT molecular complexity index is 1260. The fraction of sp³-hybridized carbons (Fsp3) is 0.238. The lowest BCUT2D eigenvalue weighted by Gasteiger charge is -2.27. The Balaban J connectivity index is 1.66. The Morgan fingerprint density at radius 2 is 1.72 bits per heavy atom. The van der Waals surface area contributed by atoms with Gasteiger partial charge in [0, 0.05) is 24.8 Å². The van der Waals surface area contributed by atoms with E-state index in [4.69, 9.17) is 15.2 Å². The minimum Gasteiger partial charge on any atom is -0.424 e. The van der Waals surface area contributed by atoms with Crippen molar-refractivity contribution in [2.24, 2.45) is 0 Å². The number of nitrogen functional groups attached to an aromatic ring is 1. The topological polar surface area (TPSA) is 104 Å². The van der Waals surface area contributed by atoms with Crippen molar-refractivity contribution in [3.8, 4) is 17.7 Å². The normalized spacial score (nSPS) is 14.3.